The lowest BCUT2D eigenvalue weighted by molar-refractivity contribution is -0.170. The quantitative estimate of drug-likeness (QED) is 0.844. The largest absolute Gasteiger partial charge is 0.354 e. The van der Waals surface area contributed by atoms with Gasteiger partial charge in [0.2, 0.25) is 5.91 Å². The molecule has 0 spiro atoms. The van der Waals surface area contributed by atoms with Crippen LogP contribution in [0.25, 0.3) is 0 Å². The van der Waals surface area contributed by atoms with E-state index in [1.807, 2.05) is 0 Å². The van der Waals surface area contributed by atoms with Gasteiger partial charge in [-0.3, -0.25) is 4.79 Å². The molecule has 0 aromatic carbocycles. The molecule has 4 saturated carbocycles. The highest BCUT2D eigenvalue weighted by molar-refractivity contribution is 5.83. The van der Waals surface area contributed by atoms with Crippen molar-refractivity contribution in [2.75, 3.05) is 26.2 Å². The van der Waals surface area contributed by atoms with E-state index in [0.717, 1.165) is 38.3 Å². The maximum atomic E-state index is 13.2. The van der Waals surface area contributed by atoms with Gasteiger partial charge in [-0.05, 0) is 81.2 Å². The average molecular weight is 333 g/mol. The lowest BCUT2D eigenvalue weighted by Crippen LogP contribution is -2.60. The van der Waals surface area contributed by atoms with Gasteiger partial charge in [-0.2, -0.15) is 0 Å². The van der Waals surface area contributed by atoms with Crippen molar-refractivity contribution < 1.29 is 4.79 Å². The zero-order valence-electron chi connectivity index (χ0n) is 15.8. The van der Waals surface area contributed by atoms with Gasteiger partial charge >= 0.3 is 0 Å². The highest BCUT2D eigenvalue weighted by atomic mass is 16.2. The molecule has 1 saturated heterocycles. The highest BCUT2D eigenvalue weighted by Gasteiger charge is 2.62. The first-order valence-electron chi connectivity index (χ1n) is 10.4. The molecule has 136 valence electrons. The number of amides is 1. The molecule has 1 aliphatic heterocycles. The molecule has 2 unspecified atom stereocenters. The van der Waals surface area contributed by atoms with E-state index in [1.165, 1.54) is 58.0 Å². The standard InChI is InChI=1S/C21H36N2O/c1-19-11-17-12-20(2,14-19)16-21(13-17,15-19)18(24)22-7-10-23-8-5-3-4-6-9-23/h17H,3-16H2,1-2H3,(H,22,24). The molecule has 1 heterocycles. The molecule has 0 aromatic rings. The molecular weight excluding hydrogens is 296 g/mol. The monoisotopic (exact) mass is 332 g/mol. The van der Waals surface area contributed by atoms with Crippen molar-refractivity contribution in [1.82, 2.24) is 10.2 Å². The topological polar surface area (TPSA) is 32.3 Å². The Kier molecular flexibility index (Phi) is 4.22. The molecule has 4 bridgehead atoms. The summed E-state index contributed by atoms with van der Waals surface area (Å²) in [6, 6.07) is 0. The van der Waals surface area contributed by atoms with Crippen molar-refractivity contribution in [2.24, 2.45) is 22.2 Å². The molecule has 3 heteroatoms. The second-order valence-corrected chi connectivity index (χ2v) is 10.4. The molecule has 3 nitrogen and oxygen atoms in total. The van der Waals surface area contributed by atoms with E-state index in [1.54, 1.807) is 0 Å². The van der Waals surface area contributed by atoms with Crippen molar-refractivity contribution >= 4 is 5.91 Å². The fraction of sp³-hybridized carbons (Fsp3) is 0.952. The van der Waals surface area contributed by atoms with E-state index in [0.29, 0.717) is 16.7 Å². The molecule has 2 atom stereocenters. The second kappa shape index (κ2) is 6.00. The molecule has 0 radical (unpaired) electrons. The van der Waals surface area contributed by atoms with Crippen LogP contribution in [0.2, 0.25) is 0 Å². The number of nitrogens with one attached hydrogen (secondary N) is 1. The molecular formula is C21H36N2O. The summed E-state index contributed by atoms with van der Waals surface area (Å²) in [5.41, 5.74) is 0.814. The van der Waals surface area contributed by atoms with Crippen LogP contribution in [0.15, 0.2) is 0 Å². The number of likely N-dealkylation sites (tertiary alicyclic amines) is 1. The summed E-state index contributed by atoms with van der Waals surface area (Å²) < 4.78 is 0. The molecule has 5 aliphatic rings. The van der Waals surface area contributed by atoms with Crippen molar-refractivity contribution in [3.8, 4) is 0 Å². The van der Waals surface area contributed by atoms with Gasteiger partial charge in [0.05, 0.1) is 5.41 Å². The van der Waals surface area contributed by atoms with Crippen LogP contribution in [0.5, 0.6) is 0 Å². The van der Waals surface area contributed by atoms with Crippen molar-refractivity contribution in [2.45, 2.75) is 78.1 Å². The molecule has 5 rings (SSSR count). The Bertz CT molecular complexity index is 476. The molecule has 5 fully saturated rings. The van der Waals surface area contributed by atoms with E-state index in [9.17, 15) is 4.79 Å². The second-order valence-electron chi connectivity index (χ2n) is 10.4. The SMILES string of the molecule is CC12CC3CC(C)(C1)CC(C(=O)NCCN1CCCCCC1)(C3)C2. The number of hydrogen-bond donors (Lipinski definition) is 1. The summed E-state index contributed by atoms with van der Waals surface area (Å²) in [5, 5.41) is 3.36. The normalized spacial score (nSPS) is 45.2. The first-order chi connectivity index (χ1) is 11.4. The molecule has 24 heavy (non-hydrogen) atoms. The Morgan fingerprint density at radius 3 is 2.17 bits per heavy atom. The minimum atomic E-state index is -0.0400. The third-order valence-corrected chi connectivity index (χ3v) is 7.52. The summed E-state index contributed by atoms with van der Waals surface area (Å²) in [4.78, 5) is 15.7. The smallest absolute Gasteiger partial charge is 0.226 e. The fourth-order valence-electron chi connectivity index (χ4n) is 7.58. The van der Waals surface area contributed by atoms with Gasteiger partial charge in [-0.25, -0.2) is 0 Å². The van der Waals surface area contributed by atoms with Gasteiger partial charge in [-0.1, -0.05) is 26.7 Å². The number of nitrogens with zero attached hydrogens (tertiary/aromatic N) is 1. The van der Waals surface area contributed by atoms with Gasteiger partial charge in [0.15, 0.2) is 0 Å². The first-order valence-corrected chi connectivity index (χ1v) is 10.4. The molecule has 1 N–H and O–H groups in total. The average Bonchev–Trinajstić information content (AvgIpc) is 2.72. The third kappa shape index (κ3) is 3.13. The summed E-state index contributed by atoms with van der Waals surface area (Å²) in [7, 11) is 0. The number of carbonyl (C=O) groups excluding carboxylic acids is 1. The zero-order chi connectivity index (χ0) is 16.8. The van der Waals surface area contributed by atoms with Gasteiger partial charge in [-0.15, -0.1) is 0 Å². The molecule has 4 aliphatic carbocycles. The highest BCUT2D eigenvalue weighted by Crippen LogP contribution is 2.69. The van der Waals surface area contributed by atoms with E-state index < -0.39 is 0 Å². The maximum Gasteiger partial charge on any atom is 0.226 e. The van der Waals surface area contributed by atoms with E-state index in [-0.39, 0.29) is 5.41 Å². The summed E-state index contributed by atoms with van der Waals surface area (Å²) in [6.07, 6.45) is 12.9. The Morgan fingerprint density at radius 1 is 0.958 bits per heavy atom. The van der Waals surface area contributed by atoms with Crippen LogP contribution in [0.1, 0.15) is 78.1 Å². The number of rotatable bonds is 4. The van der Waals surface area contributed by atoms with Gasteiger partial charge in [0.1, 0.15) is 0 Å². The van der Waals surface area contributed by atoms with E-state index >= 15 is 0 Å². The van der Waals surface area contributed by atoms with Crippen LogP contribution in [0, 0.1) is 22.2 Å². The number of carbonyl (C=O) groups is 1. The van der Waals surface area contributed by atoms with Gasteiger partial charge < -0.3 is 10.2 Å². The molecule has 0 aromatic heterocycles. The zero-order valence-corrected chi connectivity index (χ0v) is 15.8. The Morgan fingerprint density at radius 2 is 1.58 bits per heavy atom. The first kappa shape index (κ1) is 16.9. The van der Waals surface area contributed by atoms with Crippen molar-refractivity contribution in [3.05, 3.63) is 0 Å². The predicted octanol–water partition coefficient (Wildman–Crippen LogP) is 3.98. The van der Waals surface area contributed by atoms with E-state index in [2.05, 4.69) is 24.1 Å². The summed E-state index contributed by atoms with van der Waals surface area (Å²) in [6.45, 7) is 9.24. The minimum Gasteiger partial charge on any atom is -0.354 e. The van der Waals surface area contributed by atoms with Crippen LogP contribution in [0.4, 0.5) is 0 Å². The van der Waals surface area contributed by atoms with Crippen LogP contribution < -0.4 is 5.32 Å². The van der Waals surface area contributed by atoms with Crippen LogP contribution in [-0.4, -0.2) is 37.0 Å². The summed E-state index contributed by atoms with van der Waals surface area (Å²) in [5.74, 6) is 1.19. The van der Waals surface area contributed by atoms with Crippen LogP contribution in [-0.2, 0) is 4.79 Å². The Labute approximate surface area is 147 Å². The lowest BCUT2D eigenvalue weighted by Gasteiger charge is -2.64. The van der Waals surface area contributed by atoms with Crippen LogP contribution in [0.3, 0.4) is 0 Å². The van der Waals surface area contributed by atoms with Crippen molar-refractivity contribution in [3.63, 3.8) is 0 Å². The molecule has 1 amide bonds. The number of hydrogen-bond acceptors (Lipinski definition) is 2. The van der Waals surface area contributed by atoms with Gasteiger partial charge in [0, 0.05) is 13.1 Å². The fourth-order valence-corrected chi connectivity index (χ4v) is 7.58. The van der Waals surface area contributed by atoms with E-state index in [4.69, 9.17) is 0 Å². The maximum absolute atomic E-state index is 13.2. The minimum absolute atomic E-state index is 0.0400. The predicted molar refractivity (Wildman–Crippen MR) is 97.8 cm³/mol. The van der Waals surface area contributed by atoms with Crippen molar-refractivity contribution in [1.29, 1.82) is 0 Å². The third-order valence-electron chi connectivity index (χ3n) is 7.52. The van der Waals surface area contributed by atoms with Gasteiger partial charge in [0.25, 0.3) is 0 Å². The summed E-state index contributed by atoms with van der Waals surface area (Å²) >= 11 is 0. The Hall–Kier alpha value is -0.570. The Balaban J connectivity index is 1.36. The lowest BCUT2D eigenvalue weighted by atomic mass is 9.40. The van der Waals surface area contributed by atoms with Crippen LogP contribution >= 0.6 is 0 Å².